The molecule has 0 saturated heterocycles. The Morgan fingerprint density at radius 2 is 1.61 bits per heavy atom. The van der Waals surface area contributed by atoms with Gasteiger partial charge in [0.05, 0.1) is 5.56 Å². The first-order valence-corrected chi connectivity index (χ1v) is 4.62. The molecule has 1 nitrogen and oxygen atoms in total. The fourth-order valence-electron chi connectivity index (χ4n) is 1.25. The molecule has 8 heteroatoms. The zero-order chi connectivity index (χ0) is 14.1. The Kier molecular flexibility index (Phi) is 3.89. The van der Waals surface area contributed by atoms with Crippen LogP contribution in [0.1, 0.15) is 11.1 Å². The van der Waals surface area contributed by atoms with E-state index in [1.54, 1.807) is 0 Å². The summed E-state index contributed by atoms with van der Waals surface area (Å²) in [6, 6.07) is 1.37. The first-order valence-electron chi connectivity index (χ1n) is 4.62. The smallest absolute Gasteiger partial charge is 0.383 e. The van der Waals surface area contributed by atoms with E-state index in [2.05, 4.69) is 0 Å². The minimum atomic E-state index is -4.91. The summed E-state index contributed by atoms with van der Waals surface area (Å²) in [4.78, 5) is 0. The Hall–Kier alpha value is -1.31. The molecule has 0 aliphatic heterocycles. The van der Waals surface area contributed by atoms with Crippen LogP contribution in [0.15, 0.2) is 18.2 Å². The summed E-state index contributed by atoms with van der Waals surface area (Å²) in [6.45, 7) is 0. The zero-order valence-electron chi connectivity index (χ0n) is 8.61. The molecule has 1 N–H and O–H groups in total. The molecule has 1 aromatic rings. The van der Waals surface area contributed by atoms with Crippen LogP contribution in [0.3, 0.4) is 0 Å². The average molecular weight is 276 g/mol. The molecule has 1 unspecified atom stereocenters. The van der Waals surface area contributed by atoms with Gasteiger partial charge in [0.1, 0.15) is 5.82 Å². The van der Waals surface area contributed by atoms with Gasteiger partial charge in [0.25, 0.3) is 0 Å². The Bertz CT molecular complexity index is 421. The maximum absolute atomic E-state index is 13.0. The SMILES string of the molecule is OC(Cc1ccc(C(F)(F)F)c(F)c1)C(F)(F)F. The fourth-order valence-corrected chi connectivity index (χ4v) is 1.25. The van der Waals surface area contributed by atoms with Crippen LogP contribution in [0.4, 0.5) is 30.7 Å². The highest BCUT2D eigenvalue weighted by Gasteiger charge is 2.38. The van der Waals surface area contributed by atoms with Crippen LogP contribution < -0.4 is 0 Å². The molecule has 0 bridgehead atoms. The molecule has 0 radical (unpaired) electrons. The standard InChI is InChI=1S/C10H7F7O/c11-7-3-5(4-8(18)10(15,16)17)1-2-6(7)9(12,13)14/h1-3,8,18H,4H2. The highest BCUT2D eigenvalue weighted by atomic mass is 19.4. The van der Waals surface area contributed by atoms with E-state index < -0.39 is 36.3 Å². The summed E-state index contributed by atoms with van der Waals surface area (Å²) in [5.74, 6) is -1.67. The molecule has 0 heterocycles. The summed E-state index contributed by atoms with van der Waals surface area (Å²) in [5, 5.41) is 8.69. The van der Waals surface area contributed by atoms with Crippen molar-refractivity contribution >= 4 is 0 Å². The van der Waals surface area contributed by atoms with E-state index in [9.17, 15) is 30.7 Å². The van der Waals surface area contributed by atoms with Crippen LogP contribution in [0.25, 0.3) is 0 Å². The van der Waals surface area contributed by atoms with Gasteiger partial charge in [-0.05, 0) is 17.7 Å². The maximum Gasteiger partial charge on any atom is 0.419 e. The molecule has 0 saturated carbocycles. The fraction of sp³-hybridized carbons (Fsp3) is 0.400. The number of hydrogen-bond acceptors (Lipinski definition) is 1. The predicted molar refractivity (Wildman–Crippen MR) is 47.2 cm³/mol. The number of aliphatic hydroxyl groups excluding tert-OH is 1. The molecule has 18 heavy (non-hydrogen) atoms. The number of benzene rings is 1. The molecule has 0 aliphatic rings. The maximum atomic E-state index is 13.0. The lowest BCUT2D eigenvalue weighted by atomic mass is 10.0. The summed E-state index contributed by atoms with van der Waals surface area (Å²) in [7, 11) is 0. The monoisotopic (exact) mass is 276 g/mol. The molecule has 0 amide bonds. The van der Waals surface area contributed by atoms with E-state index in [1.165, 1.54) is 0 Å². The molecule has 1 rings (SSSR count). The van der Waals surface area contributed by atoms with E-state index >= 15 is 0 Å². The van der Waals surface area contributed by atoms with Gasteiger partial charge in [-0.25, -0.2) is 4.39 Å². The topological polar surface area (TPSA) is 20.2 Å². The van der Waals surface area contributed by atoms with Crippen molar-refractivity contribution in [1.29, 1.82) is 0 Å². The van der Waals surface area contributed by atoms with Crippen molar-refractivity contribution in [3.63, 3.8) is 0 Å². The molecular formula is C10H7F7O. The second kappa shape index (κ2) is 4.75. The largest absolute Gasteiger partial charge is 0.419 e. The molecule has 1 atom stereocenters. The van der Waals surface area contributed by atoms with Gasteiger partial charge in [0, 0.05) is 6.42 Å². The molecule has 0 aromatic heterocycles. The van der Waals surface area contributed by atoms with Gasteiger partial charge in [0.2, 0.25) is 0 Å². The Labute approximate surface area is 96.8 Å². The van der Waals surface area contributed by atoms with Gasteiger partial charge in [0.15, 0.2) is 6.10 Å². The third-order valence-electron chi connectivity index (χ3n) is 2.15. The van der Waals surface area contributed by atoms with Gasteiger partial charge >= 0.3 is 12.4 Å². The van der Waals surface area contributed by atoms with Gasteiger partial charge in [-0.1, -0.05) is 6.07 Å². The Morgan fingerprint density at radius 1 is 1.06 bits per heavy atom. The van der Waals surface area contributed by atoms with Crippen molar-refractivity contribution in [1.82, 2.24) is 0 Å². The lowest BCUT2D eigenvalue weighted by Crippen LogP contribution is -2.30. The minimum Gasteiger partial charge on any atom is -0.383 e. The lowest BCUT2D eigenvalue weighted by molar-refractivity contribution is -0.203. The minimum absolute atomic E-state index is 0.331. The summed E-state index contributed by atoms with van der Waals surface area (Å²) in [5.41, 5.74) is -1.93. The van der Waals surface area contributed by atoms with Gasteiger partial charge in [-0.2, -0.15) is 26.3 Å². The number of aliphatic hydroxyl groups is 1. The van der Waals surface area contributed by atoms with Crippen LogP contribution in [0, 0.1) is 5.82 Å². The van der Waals surface area contributed by atoms with Gasteiger partial charge < -0.3 is 5.11 Å². The van der Waals surface area contributed by atoms with E-state index in [4.69, 9.17) is 5.11 Å². The Balaban J connectivity index is 2.93. The first kappa shape index (κ1) is 14.7. The molecule has 0 fully saturated rings. The third-order valence-corrected chi connectivity index (χ3v) is 2.15. The van der Waals surface area contributed by atoms with Crippen LogP contribution in [0.2, 0.25) is 0 Å². The van der Waals surface area contributed by atoms with Crippen LogP contribution >= 0.6 is 0 Å². The average Bonchev–Trinajstić information content (AvgIpc) is 2.13. The summed E-state index contributed by atoms with van der Waals surface area (Å²) < 4.78 is 85.4. The van der Waals surface area contributed by atoms with E-state index in [-0.39, 0.29) is 5.56 Å². The molecule has 0 aliphatic carbocycles. The summed E-state index contributed by atoms with van der Waals surface area (Å²) >= 11 is 0. The highest BCUT2D eigenvalue weighted by Crippen LogP contribution is 2.32. The molecule has 102 valence electrons. The normalized spacial score (nSPS) is 14.7. The molecular weight excluding hydrogens is 269 g/mol. The number of alkyl halides is 6. The van der Waals surface area contributed by atoms with Crippen molar-refractivity contribution in [2.24, 2.45) is 0 Å². The molecule has 1 aromatic carbocycles. The number of hydrogen-bond donors (Lipinski definition) is 1. The van der Waals surface area contributed by atoms with Crippen LogP contribution in [-0.2, 0) is 12.6 Å². The second-order valence-corrected chi connectivity index (χ2v) is 3.57. The zero-order valence-corrected chi connectivity index (χ0v) is 8.61. The van der Waals surface area contributed by atoms with E-state index in [1.807, 2.05) is 0 Å². The van der Waals surface area contributed by atoms with E-state index in [0.717, 1.165) is 0 Å². The van der Waals surface area contributed by atoms with Crippen LogP contribution in [0.5, 0.6) is 0 Å². The summed E-state index contributed by atoms with van der Waals surface area (Å²) in [6.07, 6.45) is -13.6. The molecule has 0 spiro atoms. The van der Waals surface area contributed by atoms with Crippen molar-refractivity contribution < 1.29 is 35.8 Å². The van der Waals surface area contributed by atoms with Crippen LogP contribution in [-0.4, -0.2) is 17.4 Å². The third kappa shape index (κ3) is 3.59. The van der Waals surface area contributed by atoms with Crippen molar-refractivity contribution in [3.05, 3.63) is 35.1 Å². The predicted octanol–water partition coefficient (Wildman–Crippen LogP) is 3.31. The highest BCUT2D eigenvalue weighted by molar-refractivity contribution is 5.27. The lowest BCUT2D eigenvalue weighted by Gasteiger charge is -2.15. The number of halogens is 7. The second-order valence-electron chi connectivity index (χ2n) is 3.57. The Morgan fingerprint density at radius 3 is 2.00 bits per heavy atom. The quantitative estimate of drug-likeness (QED) is 0.822. The van der Waals surface area contributed by atoms with Crippen molar-refractivity contribution in [2.45, 2.75) is 24.9 Å². The number of rotatable bonds is 2. The first-order chi connectivity index (χ1) is 8.01. The van der Waals surface area contributed by atoms with Gasteiger partial charge in [-0.3, -0.25) is 0 Å². The van der Waals surface area contributed by atoms with Crippen molar-refractivity contribution in [2.75, 3.05) is 0 Å². The van der Waals surface area contributed by atoms with Crippen molar-refractivity contribution in [3.8, 4) is 0 Å². The van der Waals surface area contributed by atoms with Gasteiger partial charge in [-0.15, -0.1) is 0 Å². The van der Waals surface area contributed by atoms with E-state index in [0.29, 0.717) is 18.2 Å².